The Bertz CT molecular complexity index is 774. The molecule has 0 saturated heterocycles. The molecule has 0 aliphatic carbocycles. The molecule has 2 rings (SSSR count). The molecule has 3 nitrogen and oxygen atoms in total. The van der Waals surface area contributed by atoms with Gasteiger partial charge in [0.2, 0.25) is 5.82 Å². The second kappa shape index (κ2) is 6.04. The topological polar surface area (TPSA) is 46.5 Å². The van der Waals surface area contributed by atoms with Crippen LogP contribution < -0.4 is 4.74 Å². The molecule has 23 heavy (non-hydrogen) atoms. The molecule has 0 amide bonds. The number of benzene rings is 2. The maximum Gasteiger partial charge on any atom is 0.417 e. The third-order valence-electron chi connectivity index (χ3n) is 2.75. The lowest BCUT2D eigenvalue weighted by molar-refractivity contribution is -0.137. The third-order valence-corrected chi connectivity index (χ3v) is 3.08. The lowest BCUT2D eigenvalue weighted by atomic mass is 10.2. The summed E-state index contributed by atoms with van der Waals surface area (Å²) in [6.45, 7) is 0. The third kappa shape index (κ3) is 3.53. The Morgan fingerprint density at radius 2 is 1.74 bits per heavy atom. The predicted molar refractivity (Wildman–Crippen MR) is 69.8 cm³/mol. The van der Waals surface area contributed by atoms with E-state index in [4.69, 9.17) is 21.4 Å². The highest BCUT2D eigenvalue weighted by molar-refractivity contribution is 6.31. The summed E-state index contributed by atoms with van der Waals surface area (Å²) in [6, 6.07) is 3.96. The van der Waals surface area contributed by atoms with Crippen molar-refractivity contribution in [2.45, 2.75) is 6.18 Å². The van der Waals surface area contributed by atoms with Gasteiger partial charge in [-0.3, -0.25) is 0 Å². The molecular formula is C14H6ClF5O3. The minimum Gasteiger partial charge on any atom is -0.478 e. The van der Waals surface area contributed by atoms with E-state index >= 15 is 0 Å². The van der Waals surface area contributed by atoms with Gasteiger partial charge in [0.05, 0.1) is 16.1 Å². The fourth-order valence-corrected chi connectivity index (χ4v) is 1.91. The molecule has 0 saturated carbocycles. The monoisotopic (exact) mass is 352 g/mol. The van der Waals surface area contributed by atoms with Crippen LogP contribution in [0.2, 0.25) is 5.02 Å². The van der Waals surface area contributed by atoms with Crippen molar-refractivity contribution in [2.75, 3.05) is 0 Å². The van der Waals surface area contributed by atoms with Crippen molar-refractivity contribution in [3.05, 3.63) is 58.1 Å². The zero-order valence-corrected chi connectivity index (χ0v) is 11.7. The van der Waals surface area contributed by atoms with Crippen molar-refractivity contribution in [3.8, 4) is 11.5 Å². The van der Waals surface area contributed by atoms with E-state index in [-0.39, 0.29) is 0 Å². The standard InChI is InChI=1S/C14H6ClF5O3/c15-9-3-1-6(5-8(9)14(18,19)20)23-10-4-2-7(13(21)22)11(16)12(10)17/h1-5H,(H,21,22). The van der Waals surface area contributed by atoms with Crippen LogP contribution in [-0.4, -0.2) is 11.1 Å². The minimum absolute atomic E-state index is 0.442. The van der Waals surface area contributed by atoms with Crippen LogP contribution in [0.25, 0.3) is 0 Å². The van der Waals surface area contributed by atoms with Gasteiger partial charge in [-0.25, -0.2) is 9.18 Å². The minimum atomic E-state index is -4.76. The number of alkyl halides is 3. The summed E-state index contributed by atoms with van der Waals surface area (Å²) < 4.78 is 70.2. The van der Waals surface area contributed by atoms with E-state index < -0.39 is 51.4 Å². The van der Waals surface area contributed by atoms with Crippen molar-refractivity contribution in [3.63, 3.8) is 0 Å². The maximum absolute atomic E-state index is 13.7. The molecule has 0 heterocycles. The number of ether oxygens (including phenoxy) is 1. The Labute approximate surface area is 130 Å². The molecule has 0 atom stereocenters. The van der Waals surface area contributed by atoms with Gasteiger partial charge >= 0.3 is 12.1 Å². The van der Waals surface area contributed by atoms with Gasteiger partial charge in [-0.05, 0) is 30.3 Å². The van der Waals surface area contributed by atoms with Crippen molar-refractivity contribution in [1.82, 2.24) is 0 Å². The molecule has 9 heteroatoms. The first-order valence-corrected chi connectivity index (χ1v) is 6.25. The van der Waals surface area contributed by atoms with Crippen molar-refractivity contribution >= 4 is 17.6 Å². The van der Waals surface area contributed by atoms with Crippen molar-refractivity contribution in [1.29, 1.82) is 0 Å². The number of carboxylic acid groups (broad SMARTS) is 1. The predicted octanol–water partition coefficient (Wildman–Crippen LogP) is 5.13. The van der Waals surface area contributed by atoms with Gasteiger partial charge in [0.25, 0.3) is 0 Å². The highest BCUT2D eigenvalue weighted by atomic mass is 35.5. The smallest absolute Gasteiger partial charge is 0.417 e. The molecule has 0 aromatic heterocycles. The lowest BCUT2D eigenvalue weighted by Gasteiger charge is -2.12. The average molecular weight is 353 g/mol. The molecule has 0 radical (unpaired) electrons. The van der Waals surface area contributed by atoms with Gasteiger partial charge in [-0.2, -0.15) is 17.6 Å². The van der Waals surface area contributed by atoms with E-state index in [1.54, 1.807) is 0 Å². The zero-order valence-electron chi connectivity index (χ0n) is 10.9. The molecule has 0 unspecified atom stereocenters. The van der Waals surface area contributed by atoms with Gasteiger partial charge in [0.15, 0.2) is 11.6 Å². The van der Waals surface area contributed by atoms with Gasteiger partial charge in [-0.15, -0.1) is 0 Å². The van der Waals surface area contributed by atoms with E-state index in [9.17, 15) is 26.7 Å². The van der Waals surface area contributed by atoms with Crippen molar-refractivity contribution in [2.24, 2.45) is 0 Å². The second-order valence-corrected chi connectivity index (χ2v) is 4.69. The normalized spacial score (nSPS) is 11.4. The molecule has 0 bridgehead atoms. The zero-order chi connectivity index (χ0) is 17.4. The highest BCUT2D eigenvalue weighted by Crippen LogP contribution is 2.38. The van der Waals surface area contributed by atoms with Crippen LogP contribution in [0.3, 0.4) is 0 Å². The van der Waals surface area contributed by atoms with E-state index in [0.717, 1.165) is 24.3 Å². The first-order valence-electron chi connectivity index (χ1n) is 5.87. The molecule has 0 fully saturated rings. The molecule has 2 aromatic carbocycles. The largest absolute Gasteiger partial charge is 0.478 e. The quantitative estimate of drug-likeness (QED) is 0.779. The summed E-state index contributed by atoms with van der Waals surface area (Å²) in [7, 11) is 0. The number of hydrogen-bond donors (Lipinski definition) is 1. The number of carboxylic acids is 1. The Balaban J connectivity index is 2.41. The SMILES string of the molecule is O=C(O)c1ccc(Oc2ccc(Cl)c(C(F)(F)F)c2)c(F)c1F. The maximum atomic E-state index is 13.7. The van der Waals surface area contributed by atoms with Crippen LogP contribution in [-0.2, 0) is 6.18 Å². The molecule has 0 aliphatic rings. The first-order chi connectivity index (χ1) is 10.6. The molecule has 0 spiro atoms. The van der Waals surface area contributed by atoms with Crippen LogP contribution in [0.4, 0.5) is 22.0 Å². The van der Waals surface area contributed by atoms with Crippen molar-refractivity contribution < 1.29 is 36.6 Å². The summed E-state index contributed by atoms with van der Waals surface area (Å²) >= 11 is 5.42. The molecule has 2 aromatic rings. The van der Waals surface area contributed by atoms with E-state index in [1.165, 1.54) is 0 Å². The Morgan fingerprint density at radius 1 is 1.09 bits per heavy atom. The summed E-state index contributed by atoms with van der Waals surface area (Å²) in [5, 5.41) is 8.05. The van der Waals surface area contributed by atoms with Gasteiger partial charge in [0.1, 0.15) is 5.75 Å². The van der Waals surface area contributed by atoms with E-state index in [1.807, 2.05) is 0 Å². The number of aromatic carboxylic acids is 1. The number of halogens is 6. The van der Waals surface area contributed by atoms with Gasteiger partial charge in [-0.1, -0.05) is 11.6 Å². The van der Waals surface area contributed by atoms with Crippen LogP contribution >= 0.6 is 11.6 Å². The summed E-state index contributed by atoms with van der Waals surface area (Å²) in [5.41, 5.74) is -2.14. The summed E-state index contributed by atoms with van der Waals surface area (Å²) in [6.07, 6.45) is -4.76. The highest BCUT2D eigenvalue weighted by Gasteiger charge is 2.33. The van der Waals surface area contributed by atoms with E-state index in [0.29, 0.717) is 6.07 Å². The lowest BCUT2D eigenvalue weighted by Crippen LogP contribution is -2.06. The number of rotatable bonds is 3. The Hall–Kier alpha value is -2.35. The Morgan fingerprint density at radius 3 is 2.30 bits per heavy atom. The summed E-state index contributed by atoms with van der Waals surface area (Å²) in [4.78, 5) is 10.6. The molecule has 0 aliphatic heterocycles. The molecule has 1 N–H and O–H groups in total. The Kier molecular flexibility index (Phi) is 4.46. The van der Waals surface area contributed by atoms with Crippen LogP contribution in [0.5, 0.6) is 11.5 Å². The average Bonchev–Trinajstić information content (AvgIpc) is 2.44. The first kappa shape index (κ1) is 17.0. The fraction of sp³-hybridized carbons (Fsp3) is 0.0714. The second-order valence-electron chi connectivity index (χ2n) is 4.29. The fourth-order valence-electron chi connectivity index (χ4n) is 1.69. The van der Waals surface area contributed by atoms with Gasteiger partial charge < -0.3 is 9.84 Å². The van der Waals surface area contributed by atoms with Crippen LogP contribution in [0.1, 0.15) is 15.9 Å². The van der Waals surface area contributed by atoms with Crippen LogP contribution in [0.15, 0.2) is 30.3 Å². The summed E-state index contributed by atoms with van der Waals surface area (Å²) in [5.74, 6) is -6.21. The molecular weight excluding hydrogens is 347 g/mol. The number of hydrogen-bond acceptors (Lipinski definition) is 2. The van der Waals surface area contributed by atoms with E-state index in [2.05, 4.69) is 0 Å². The van der Waals surface area contributed by atoms with Crippen LogP contribution in [0, 0.1) is 11.6 Å². The molecule has 122 valence electrons. The van der Waals surface area contributed by atoms with Gasteiger partial charge in [0, 0.05) is 0 Å². The number of carbonyl (C=O) groups is 1.